The van der Waals surface area contributed by atoms with E-state index < -0.39 is 0 Å². The van der Waals surface area contributed by atoms with Gasteiger partial charge in [-0.1, -0.05) is 28.1 Å². The van der Waals surface area contributed by atoms with E-state index in [0.717, 1.165) is 11.8 Å². The maximum Gasteiger partial charge on any atom is 0.224 e. The Morgan fingerprint density at radius 1 is 1.47 bits per heavy atom. The van der Waals surface area contributed by atoms with Crippen LogP contribution in [-0.2, 0) is 11.2 Å². The minimum Gasteiger partial charge on any atom is -0.351 e. The molecule has 1 aromatic rings. The molecule has 0 radical (unpaired) electrons. The van der Waals surface area contributed by atoms with Gasteiger partial charge < -0.3 is 5.32 Å². The predicted octanol–water partition coefficient (Wildman–Crippen LogP) is 3.05. The van der Waals surface area contributed by atoms with Crippen LogP contribution in [0, 0.1) is 5.82 Å². The van der Waals surface area contributed by atoms with Crippen LogP contribution in [0.2, 0.25) is 0 Å². The van der Waals surface area contributed by atoms with E-state index in [1.54, 1.807) is 12.1 Å². The van der Waals surface area contributed by atoms with Gasteiger partial charge in [-0.25, -0.2) is 4.39 Å². The number of carbonyl (C=O) groups excluding carboxylic acids is 1. The fourth-order valence-electron chi connectivity index (χ4n) is 1.55. The molecule has 1 aromatic carbocycles. The van der Waals surface area contributed by atoms with E-state index in [-0.39, 0.29) is 23.7 Å². The van der Waals surface area contributed by atoms with Gasteiger partial charge in [0.15, 0.2) is 0 Å². The number of hydrogen-bond donors (Lipinski definition) is 1. The van der Waals surface area contributed by atoms with Crippen LogP contribution in [0.25, 0.3) is 0 Å². The molecule has 0 aliphatic rings. The van der Waals surface area contributed by atoms with Crippen molar-refractivity contribution in [2.75, 3.05) is 5.33 Å². The molecule has 0 bridgehead atoms. The molecular formula is C13H17BrFNO. The summed E-state index contributed by atoms with van der Waals surface area (Å²) in [4.78, 5) is 11.8. The highest BCUT2D eigenvalue weighted by Crippen LogP contribution is 2.11. The van der Waals surface area contributed by atoms with Gasteiger partial charge in [0.1, 0.15) is 5.82 Å². The van der Waals surface area contributed by atoms with Crippen LogP contribution in [0.5, 0.6) is 0 Å². The van der Waals surface area contributed by atoms with E-state index in [0.29, 0.717) is 5.56 Å². The molecule has 1 N–H and O–H groups in total. The molecule has 0 saturated carbocycles. The SMILES string of the molecule is CC(C)(CCBr)NC(=O)Cc1cccc(F)c1. The van der Waals surface area contributed by atoms with E-state index in [1.807, 2.05) is 13.8 Å². The van der Waals surface area contributed by atoms with Crippen molar-refractivity contribution in [3.05, 3.63) is 35.6 Å². The lowest BCUT2D eigenvalue weighted by Crippen LogP contribution is -2.44. The standard InChI is InChI=1S/C13H17BrFNO/c1-13(2,6-7-14)16-12(17)9-10-4-3-5-11(15)8-10/h3-5,8H,6-7,9H2,1-2H3,(H,16,17). The minimum atomic E-state index is -0.310. The average Bonchev–Trinajstić information content (AvgIpc) is 2.15. The Morgan fingerprint density at radius 3 is 2.76 bits per heavy atom. The van der Waals surface area contributed by atoms with Crippen LogP contribution < -0.4 is 5.32 Å². The second-order valence-electron chi connectivity index (χ2n) is 4.68. The number of rotatable bonds is 5. The summed E-state index contributed by atoms with van der Waals surface area (Å²) in [6.45, 7) is 3.94. The molecule has 0 spiro atoms. The lowest BCUT2D eigenvalue weighted by molar-refractivity contribution is -0.122. The minimum absolute atomic E-state index is 0.0819. The molecule has 0 fully saturated rings. The molecule has 2 nitrogen and oxygen atoms in total. The molecule has 0 aromatic heterocycles. The normalized spacial score (nSPS) is 11.3. The molecule has 1 amide bonds. The van der Waals surface area contributed by atoms with Crippen molar-refractivity contribution >= 4 is 21.8 Å². The fourth-order valence-corrected chi connectivity index (χ4v) is 2.54. The van der Waals surface area contributed by atoms with E-state index in [9.17, 15) is 9.18 Å². The Labute approximate surface area is 110 Å². The molecule has 0 heterocycles. The lowest BCUT2D eigenvalue weighted by atomic mass is 10.0. The number of benzene rings is 1. The largest absolute Gasteiger partial charge is 0.351 e. The Kier molecular flexibility index (Phi) is 5.12. The van der Waals surface area contributed by atoms with Gasteiger partial charge >= 0.3 is 0 Å². The molecule has 0 aliphatic carbocycles. The maximum atomic E-state index is 12.9. The molecule has 0 unspecified atom stereocenters. The van der Waals surface area contributed by atoms with Gasteiger partial charge in [0.25, 0.3) is 0 Å². The van der Waals surface area contributed by atoms with Gasteiger partial charge in [0.2, 0.25) is 5.91 Å². The molecule has 94 valence electrons. The summed E-state index contributed by atoms with van der Waals surface area (Å²) < 4.78 is 12.9. The summed E-state index contributed by atoms with van der Waals surface area (Å²) in [5.74, 6) is -0.392. The first-order chi connectivity index (χ1) is 7.93. The second kappa shape index (κ2) is 6.15. The van der Waals surface area contributed by atoms with E-state index in [4.69, 9.17) is 0 Å². The van der Waals surface area contributed by atoms with Crippen molar-refractivity contribution in [2.24, 2.45) is 0 Å². The summed E-state index contributed by atoms with van der Waals surface area (Å²) in [6.07, 6.45) is 1.06. The molecule has 0 atom stereocenters. The summed E-state index contributed by atoms with van der Waals surface area (Å²) >= 11 is 3.35. The quantitative estimate of drug-likeness (QED) is 0.832. The van der Waals surface area contributed by atoms with Gasteiger partial charge in [-0.3, -0.25) is 4.79 Å². The Morgan fingerprint density at radius 2 is 2.18 bits per heavy atom. The zero-order chi connectivity index (χ0) is 12.9. The van der Waals surface area contributed by atoms with Gasteiger partial charge in [-0.15, -0.1) is 0 Å². The van der Waals surface area contributed by atoms with Crippen molar-refractivity contribution in [3.8, 4) is 0 Å². The van der Waals surface area contributed by atoms with Crippen molar-refractivity contribution in [3.63, 3.8) is 0 Å². The van der Waals surface area contributed by atoms with Crippen LogP contribution in [0.4, 0.5) is 4.39 Å². The Balaban J connectivity index is 2.55. The highest BCUT2D eigenvalue weighted by Gasteiger charge is 2.19. The molecule has 4 heteroatoms. The molecule has 1 rings (SSSR count). The summed E-state index contributed by atoms with van der Waals surface area (Å²) in [5.41, 5.74) is 0.450. The molecule has 17 heavy (non-hydrogen) atoms. The smallest absolute Gasteiger partial charge is 0.224 e. The first-order valence-corrected chi connectivity index (χ1v) is 6.66. The zero-order valence-electron chi connectivity index (χ0n) is 10.1. The van der Waals surface area contributed by atoms with Crippen molar-refractivity contribution < 1.29 is 9.18 Å². The highest BCUT2D eigenvalue weighted by molar-refractivity contribution is 9.09. The number of alkyl halides is 1. The number of carbonyl (C=O) groups is 1. The Hall–Kier alpha value is -0.900. The highest BCUT2D eigenvalue weighted by atomic mass is 79.9. The zero-order valence-corrected chi connectivity index (χ0v) is 11.7. The van der Waals surface area contributed by atoms with Gasteiger partial charge in [-0.05, 0) is 38.0 Å². The van der Waals surface area contributed by atoms with Crippen molar-refractivity contribution in [1.82, 2.24) is 5.32 Å². The van der Waals surface area contributed by atoms with Crippen LogP contribution in [0.3, 0.4) is 0 Å². The van der Waals surface area contributed by atoms with Crippen molar-refractivity contribution in [2.45, 2.75) is 32.2 Å². The number of nitrogens with one attached hydrogen (secondary N) is 1. The van der Waals surface area contributed by atoms with E-state index in [1.165, 1.54) is 12.1 Å². The van der Waals surface area contributed by atoms with E-state index in [2.05, 4.69) is 21.2 Å². The first-order valence-electron chi connectivity index (χ1n) is 5.54. The van der Waals surface area contributed by atoms with Gasteiger partial charge in [0, 0.05) is 10.9 Å². The van der Waals surface area contributed by atoms with Crippen LogP contribution in [0.1, 0.15) is 25.8 Å². The average molecular weight is 302 g/mol. The number of amides is 1. The first kappa shape index (κ1) is 14.2. The Bertz CT molecular complexity index is 393. The number of hydrogen-bond acceptors (Lipinski definition) is 1. The third kappa shape index (κ3) is 5.31. The summed E-state index contributed by atoms with van der Waals surface area (Å²) in [7, 11) is 0. The van der Waals surface area contributed by atoms with Crippen LogP contribution in [-0.4, -0.2) is 16.8 Å². The van der Waals surface area contributed by atoms with Gasteiger partial charge in [-0.2, -0.15) is 0 Å². The van der Waals surface area contributed by atoms with Crippen LogP contribution >= 0.6 is 15.9 Å². The third-order valence-corrected chi connectivity index (χ3v) is 2.85. The summed E-state index contributed by atoms with van der Waals surface area (Å²) in [5, 5.41) is 3.77. The fraction of sp³-hybridized carbons (Fsp3) is 0.462. The van der Waals surface area contributed by atoms with E-state index >= 15 is 0 Å². The van der Waals surface area contributed by atoms with Crippen molar-refractivity contribution in [1.29, 1.82) is 0 Å². The summed E-state index contributed by atoms with van der Waals surface area (Å²) in [6, 6.07) is 6.12. The lowest BCUT2D eigenvalue weighted by Gasteiger charge is -2.25. The molecule has 0 saturated heterocycles. The van der Waals surface area contributed by atoms with Crippen LogP contribution in [0.15, 0.2) is 24.3 Å². The number of halogens is 2. The molecular weight excluding hydrogens is 285 g/mol. The maximum absolute atomic E-state index is 12.9. The topological polar surface area (TPSA) is 29.1 Å². The van der Waals surface area contributed by atoms with Gasteiger partial charge in [0.05, 0.1) is 6.42 Å². The monoisotopic (exact) mass is 301 g/mol. The second-order valence-corrected chi connectivity index (χ2v) is 5.47. The third-order valence-electron chi connectivity index (χ3n) is 2.45. The predicted molar refractivity (Wildman–Crippen MR) is 70.7 cm³/mol. The molecule has 0 aliphatic heterocycles.